The number of methoxy groups -OCH3 is 2. The molecular formula is C33H41N3O4. The maximum Gasteiger partial charge on any atom is 0.230 e. The minimum atomic E-state index is -0.287. The number of nitrogens with zero attached hydrogens (tertiary/aromatic N) is 3. The number of hydrogen-bond acceptors (Lipinski definition) is 6. The first-order valence-corrected chi connectivity index (χ1v) is 14.6. The quantitative estimate of drug-likeness (QED) is 0.358. The van der Waals surface area contributed by atoms with E-state index in [1.54, 1.807) is 26.6 Å². The Hall–Kier alpha value is -3.45. The molecule has 7 nitrogen and oxygen atoms in total. The van der Waals surface area contributed by atoms with Crippen LogP contribution < -0.4 is 14.4 Å². The van der Waals surface area contributed by atoms with Gasteiger partial charge in [0.25, 0.3) is 0 Å². The molecule has 1 N–H and O–H groups in total. The molecule has 0 radical (unpaired) electrons. The number of rotatable bonds is 8. The third-order valence-electron chi connectivity index (χ3n) is 8.77. The topological polar surface area (TPSA) is 84.8 Å². The standard InChI is InChI=1S/C33H41N3O4/c1-22-17-26(13-16-31(22)40-3)24-9-7-23(8-10-24)21-36(33(38)25-11-14-29(37)15-12-25)28-6-4-5-27(18-28)32-34-19-30(39-2)20-35-32/h4-6,13,16-20,23-25,29,37H,7-12,14-15,21H2,1-3H3. The van der Waals surface area contributed by atoms with Gasteiger partial charge in [0.15, 0.2) is 11.6 Å². The van der Waals surface area contributed by atoms with Gasteiger partial charge in [-0.3, -0.25) is 4.79 Å². The van der Waals surface area contributed by atoms with Gasteiger partial charge in [0, 0.05) is 23.7 Å². The first kappa shape index (κ1) is 28.1. The number of aliphatic hydroxyl groups is 1. The highest BCUT2D eigenvalue weighted by molar-refractivity contribution is 5.95. The molecule has 0 unspecified atom stereocenters. The molecule has 2 aromatic carbocycles. The van der Waals surface area contributed by atoms with Gasteiger partial charge in [-0.2, -0.15) is 0 Å². The van der Waals surface area contributed by atoms with Gasteiger partial charge in [0.2, 0.25) is 5.91 Å². The van der Waals surface area contributed by atoms with E-state index in [1.807, 2.05) is 29.2 Å². The van der Waals surface area contributed by atoms with E-state index >= 15 is 0 Å². The van der Waals surface area contributed by atoms with Crippen LogP contribution >= 0.6 is 0 Å². The van der Waals surface area contributed by atoms with Crippen molar-refractivity contribution < 1.29 is 19.4 Å². The van der Waals surface area contributed by atoms with Crippen molar-refractivity contribution in [1.29, 1.82) is 0 Å². The second kappa shape index (κ2) is 12.8. The van der Waals surface area contributed by atoms with E-state index in [2.05, 4.69) is 35.1 Å². The molecule has 2 aliphatic rings. The minimum absolute atomic E-state index is 0.0529. The monoisotopic (exact) mass is 543 g/mol. The molecule has 2 aliphatic carbocycles. The van der Waals surface area contributed by atoms with Crippen LogP contribution in [0.15, 0.2) is 54.9 Å². The first-order valence-electron chi connectivity index (χ1n) is 14.6. The summed E-state index contributed by atoms with van der Waals surface area (Å²) in [5, 5.41) is 10.0. The van der Waals surface area contributed by atoms with E-state index in [1.165, 1.54) is 11.1 Å². The number of carbonyl (C=O) groups is 1. The maximum atomic E-state index is 14.0. The van der Waals surface area contributed by atoms with Crippen LogP contribution in [0.4, 0.5) is 5.69 Å². The molecule has 3 aromatic rings. The number of aryl methyl sites for hydroxylation is 1. The molecule has 0 atom stereocenters. The van der Waals surface area contributed by atoms with E-state index in [4.69, 9.17) is 9.47 Å². The van der Waals surface area contributed by atoms with Gasteiger partial charge >= 0.3 is 0 Å². The van der Waals surface area contributed by atoms with Gasteiger partial charge in [-0.05, 0) is 99.5 Å². The summed E-state index contributed by atoms with van der Waals surface area (Å²) in [6.07, 6.45) is 10.3. The zero-order valence-corrected chi connectivity index (χ0v) is 23.9. The van der Waals surface area contributed by atoms with Crippen LogP contribution in [0, 0.1) is 18.8 Å². The molecule has 212 valence electrons. The van der Waals surface area contributed by atoms with Gasteiger partial charge in [-0.25, -0.2) is 9.97 Å². The lowest BCUT2D eigenvalue weighted by atomic mass is 9.78. The average molecular weight is 544 g/mol. The Morgan fingerprint density at radius 2 is 1.65 bits per heavy atom. The summed E-state index contributed by atoms with van der Waals surface area (Å²) in [5.41, 5.74) is 4.33. The lowest BCUT2D eigenvalue weighted by Gasteiger charge is -2.36. The molecule has 0 saturated heterocycles. The van der Waals surface area contributed by atoms with Gasteiger partial charge < -0.3 is 19.5 Å². The number of ether oxygens (including phenoxy) is 2. The number of hydrogen-bond donors (Lipinski definition) is 1. The lowest BCUT2D eigenvalue weighted by molar-refractivity contribution is -0.124. The fourth-order valence-electron chi connectivity index (χ4n) is 6.34. The third kappa shape index (κ3) is 6.47. The van der Waals surface area contributed by atoms with Crippen LogP contribution in [0.3, 0.4) is 0 Å². The Kier molecular flexibility index (Phi) is 9.00. The highest BCUT2D eigenvalue weighted by atomic mass is 16.5. The zero-order valence-electron chi connectivity index (χ0n) is 23.9. The molecule has 2 saturated carbocycles. The maximum absolute atomic E-state index is 14.0. The molecule has 5 rings (SSSR count). The first-order chi connectivity index (χ1) is 19.4. The fourth-order valence-corrected chi connectivity index (χ4v) is 6.34. The Morgan fingerprint density at radius 1 is 0.925 bits per heavy atom. The van der Waals surface area contributed by atoms with E-state index in [-0.39, 0.29) is 17.9 Å². The normalized spacial score (nSPS) is 22.9. The number of carbonyl (C=O) groups excluding carboxylic acids is 1. The van der Waals surface area contributed by atoms with Crippen LogP contribution in [-0.4, -0.2) is 47.8 Å². The summed E-state index contributed by atoms with van der Waals surface area (Å²) in [6, 6.07) is 14.6. The molecule has 0 aliphatic heterocycles. The van der Waals surface area contributed by atoms with Crippen LogP contribution in [0.5, 0.6) is 11.5 Å². The van der Waals surface area contributed by atoms with E-state index in [0.717, 1.165) is 55.5 Å². The van der Waals surface area contributed by atoms with Crippen LogP contribution in [0.25, 0.3) is 11.4 Å². The Morgan fingerprint density at radius 3 is 2.30 bits per heavy atom. The summed E-state index contributed by atoms with van der Waals surface area (Å²) in [4.78, 5) is 24.9. The molecule has 2 fully saturated rings. The highest BCUT2D eigenvalue weighted by Gasteiger charge is 2.32. The number of anilines is 1. The second-order valence-electron chi connectivity index (χ2n) is 11.4. The van der Waals surface area contributed by atoms with Crippen LogP contribution in [-0.2, 0) is 4.79 Å². The number of benzene rings is 2. The van der Waals surface area contributed by atoms with Crippen molar-refractivity contribution in [3.8, 4) is 22.9 Å². The highest BCUT2D eigenvalue weighted by Crippen LogP contribution is 2.39. The van der Waals surface area contributed by atoms with Gasteiger partial charge in [0.05, 0.1) is 32.7 Å². The summed E-state index contributed by atoms with van der Waals surface area (Å²) in [5.74, 6) is 3.25. The SMILES string of the molecule is COc1cnc(-c2cccc(N(CC3CCC(c4ccc(OC)c(C)c4)CC3)C(=O)C3CCC(O)CC3)c2)nc1. The molecular weight excluding hydrogens is 502 g/mol. The largest absolute Gasteiger partial charge is 0.496 e. The average Bonchev–Trinajstić information content (AvgIpc) is 3.00. The molecule has 7 heteroatoms. The van der Waals surface area contributed by atoms with Gasteiger partial charge in [-0.15, -0.1) is 0 Å². The lowest BCUT2D eigenvalue weighted by Crippen LogP contribution is -2.41. The fraction of sp³-hybridized carbons (Fsp3) is 0.485. The second-order valence-corrected chi connectivity index (χ2v) is 11.4. The Bertz CT molecular complexity index is 1280. The smallest absolute Gasteiger partial charge is 0.230 e. The van der Waals surface area contributed by atoms with Crippen LogP contribution in [0.2, 0.25) is 0 Å². The van der Waals surface area contributed by atoms with E-state index in [0.29, 0.717) is 42.8 Å². The van der Waals surface area contributed by atoms with Crippen molar-refractivity contribution in [2.45, 2.75) is 70.3 Å². The van der Waals surface area contributed by atoms with Gasteiger partial charge in [0.1, 0.15) is 5.75 Å². The molecule has 0 spiro atoms. The predicted octanol–water partition coefficient (Wildman–Crippen LogP) is 6.33. The summed E-state index contributed by atoms with van der Waals surface area (Å²) in [6.45, 7) is 2.81. The van der Waals surface area contributed by atoms with Crippen molar-refractivity contribution in [3.05, 3.63) is 66.0 Å². The summed E-state index contributed by atoms with van der Waals surface area (Å²) < 4.78 is 10.7. The summed E-state index contributed by atoms with van der Waals surface area (Å²) in [7, 11) is 3.31. The van der Waals surface area contributed by atoms with Crippen molar-refractivity contribution in [2.24, 2.45) is 11.8 Å². The molecule has 1 amide bonds. The predicted molar refractivity (Wildman–Crippen MR) is 157 cm³/mol. The van der Waals surface area contributed by atoms with Crippen molar-refractivity contribution in [3.63, 3.8) is 0 Å². The Balaban J connectivity index is 1.33. The molecule has 1 aromatic heterocycles. The molecule has 40 heavy (non-hydrogen) atoms. The van der Waals surface area contributed by atoms with E-state index in [9.17, 15) is 9.90 Å². The van der Waals surface area contributed by atoms with Crippen molar-refractivity contribution in [2.75, 3.05) is 25.7 Å². The number of aliphatic hydroxyl groups excluding tert-OH is 1. The third-order valence-corrected chi connectivity index (χ3v) is 8.77. The number of aromatic nitrogens is 2. The summed E-state index contributed by atoms with van der Waals surface area (Å²) >= 11 is 0. The molecule has 1 heterocycles. The Labute approximate surface area is 237 Å². The van der Waals surface area contributed by atoms with Crippen molar-refractivity contribution >= 4 is 11.6 Å². The molecule has 0 bridgehead atoms. The van der Waals surface area contributed by atoms with E-state index < -0.39 is 0 Å². The van der Waals surface area contributed by atoms with Crippen molar-refractivity contribution in [1.82, 2.24) is 9.97 Å². The zero-order chi connectivity index (χ0) is 28.1. The van der Waals surface area contributed by atoms with Gasteiger partial charge in [-0.1, -0.05) is 24.3 Å². The number of amides is 1. The van der Waals surface area contributed by atoms with Crippen LogP contribution in [0.1, 0.15) is 68.4 Å². The minimum Gasteiger partial charge on any atom is -0.496 e.